The van der Waals surface area contributed by atoms with E-state index in [1.165, 1.54) is 0 Å². The summed E-state index contributed by atoms with van der Waals surface area (Å²) in [6.45, 7) is 0.375. The maximum absolute atomic E-state index is 12.0. The van der Waals surface area contributed by atoms with Gasteiger partial charge in [-0.1, -0.05) is 12.1 Å². The normalized spacial score (nSPS) is 10.5. The lowest BCUT2D eigenvalue weighted by molar-refractivity contribution is 0.0946. The monoisotopic (exact) mass is 283 g/mol. The highest BCUT2D eigenvalue weighted by atomic mass is 16.3. The summed E-state index contributed by atoms with van der Waals surface area (Å²) in [7, 11) is 0. The highest BCUT2D eigenvalue weighted by Crippen LogP contribution is 2.27. The summed E-state index contributed by atoms with van der Waals surface area (Å²) in [5.74, 6) is -0.153. The number of rotatable bonds is 4. The van der Waals surface area contributed by atoms with Crippen LogP contribution in [0.25, 0.3) is 11.3 Å². The first-order chi connectivity index (χ1) is 10.2. The molecule has 3 aromatic rings. The molecule has 2 heterocycles. The SMILES string of the molecule is O=C(NCc1ccoc1)c1cc(-c2ccccc2O)n[nH]1. The number of benzene rings is 1. The fourth-order valence-electron chi connectivity index (χ4n) is 1.94. The molecule has 0 fully saturated rings. The first kappa shape index (κ1) is 13.0. The van der Waals surface area contributed by atoms with E-state index in [1.54, 1.807) is 48.9 Å². The van der Waals surface area contributed by atoms with Gasteiger partial charge in [-0.3, -0.25) is 9.89 Å². The van der Waals surface area contributed by atoms with Crippen LogP contribution in [0.4, 0.5) is 0 Å². The van der Waals surface area contributed by atoms with Crippen molar-refractivity contribution in [2.24, 2.45) is 0 Å². The van der Waals surface area contributed by atoms with E-state index in [2.05, 4.69) is 15.5 Å². The molecule has 0 atom stereocenters. The molecule has 3 N–H and O–H groups in total. The highest BCUT2D eigenvalue weighted by Gasteiger charge is 2.12. The molecule has 0 radical (unpaired) electrons. The maximum Gasteiger partial charge on any atom is 0.269 e. The van der Waals surface area contributed by atoms with E-state index in [4.69, 9.17) is 4.42 Å². The molecule has 1 amide bonds. The lowest BCUT2D eigenvalue weighted by Crippen LogP contribution is -2.22. The summed E-state index contributed by atoms with van der Waals surface area (Å²) < 4.78 is 4.93. The number of hydrogen-bond acceptors (Lipinski definition) is 4. The third kappa shape index (κ3) is 2.79. The van der Waals surface area contributed by atoms with Crippen molar-refractivity contribution in [3.05, 3.63) is 60.2 Å². The zero-order chi connectivity index (χ0) is 14.7. The van der Waals surface area contributed by atoms with Crippen LogP contribution in [-0.4, -0.2) is 21.2 Å². The molecule has 21 heavy (non-hydrogen) atoms. The van der Waals surface area contributed by atoms with Crippen LogP contribution in [0, 0.1) is 0 Å². The number of hydrogen-bond donors (Lipinski definition) is 3. The van der Waals surface area contributed by atoms with Crippen LogP contribution in [0.1, 0.15) is 16.1 Å². The Morgan fingerprint density at radius 1 is 1.33 bits per heavy atom. The first-order valence-corrected chi connectivity index (χ1v) is 6.37. The molecule has 106 valence electrons. The predicted molar refractivity (Wildman–Crippen MR) is 75.6 cm³/mol. The number of furan rings is 1. The number of para-hydroxylation sites is 1. The fraction of sp³-hybridized carbons (Fsp3) is 0.0667. The van der Waals surface area contributed by atoms with Crippen molar-refractivity contribution in [3.8, 4) is 17.0 Å². The Bertz CT molecular complexity index is 747. The topological polar surface area (TPSA) is 91.2 Å². The number of carbonyl (C=O) groups is 1. The molecule has 0 saturated heterocycles. The average Bonchev–Trinajstić information content (AvgIpc) is 3.17. The minimum Gasteiger partial charge on any atom is -0.507 e. The van der Waals surface area contributed by atoms with Crippen molar-refractivity contribution in [3.63, 3.8) is 0 Å². The lowest BCUT2D eigenvalue weighted by Gasteiger charge is -2.00. The van der Waals surface area contributed by atoms with Crippen molar-refractivity contribution in [1.82, 2.24) is 15.5 Å². The van der Waals surface area contributed by atoms with Gasteiger partial charge in [0.2, 0.25) is 0 Å². The number of phenolic OH excluding ortho intramolecular Hbond substituents is 1. The van der Waals surface area contributed by atoms with E-state index in [1.807, 2.05) is 0 Å². The zero-order valence-electron chi connectivity index (χ0n) is 11.0. The molecule has 0 aliphatic rings. The van der Waals surface area contributed by atoms with Gasteiger partial charge in [0.15, 0.2) is 0 Å². The van der Waals surface area contributed by atoms with E-state index in [9.17, 15) is 9.90 Å². The molecule has 3 rings (SSSR count). The molecule has 6 nitrogen and oxygen atoms in total. The van der Waals surface area contributed by atoms with Crippen molar-refractivity contribution in [2.45, 2.75) is 6.54 Å². The molecule has 0 unspecified atom stereocenters. The van der Waals surface area contributed by atoms with Crippen LogP contribution >= 0.6 is 0 Å². The van der Waals surface area contributed by atoms with Gasteiger partial charge in [-0.15, -0.1) is 0 Å². The zero-order valence-corrected chi connectivity index (χ0v) is 11.0. The standard InChI is InChI=1S/C15H13N3O3/c19-14-4-2-1-3-11(14)12-7-13(18-17-12)15(20)16-8-10-5-6-21-9-10/h1-7,9,19H,8H2,(H,16,20)(H,17,18). The van der Waals surface area contributed by atoms with Gasteiger partial charge in [0.25, 0.3) is 5.91 Å². The van der Waals surface area contributed by atoms with Crippen molar-refractivity contribution in [2.75, 3.05) is 0 Å². The van der Waals surface area contributed by atoms with Crippen molar-refractivity contribution in [1.29, 1.82) is 0 Å². The second-order valence-electron chi connectivity index (χ2n) is 4.50. The van der Waals surface area contributed by atoms with E-state index in [0.717, 1.165) is 5.56 Å². The number of aromatic nitrogens is 2. The van der Waals surface area contributed by atoms with Crippen LogP contribution in [-0.2, 0) is 6.54 Å². The Balaban J connectivity index is 1.73. The number of nitrogens with one attached hydrogen (secondary N) is 2. The molecule has 0 spiro atoms. The lowest BCUT2D eigenvalue weighted by atomic mass is 10.1. The molecule has 6 heteroatoms. The summed E-state index contributed by atoms with van der Waals surface area (Å²) in [4.78, 5) is 12.0. The molecule has 1 aromatic carbocycles. The van der Waals surface area contributed by atoms with Crippen LogP contribution in [0.2, 0.25) is 0 Å². The van der Waals surface area contributed by atoms with Crippen molar-refractivity contribution < 1.29 is 14.3 Å². The van der Waals surface area contributed by atoms with E-state index < -0.39 is 0 Å². The van der Waals surface area contributed by atoms with Gasteiger partial charge in [-0.25, -0.2) is 0 Å². The third-order valence-corrected chi connectivity index (χ3v) is 3.04. The number of H-pyrrole nitrogens is 1. The number of carbonyl (C=O) groups excluding carboxylic acids is 1. The first-order valence-electron chi connectivity index (χ1n) is 6.37. The number of amides is 1. The maximum atomic E-state index is 12.0. The Labute approximate surface area is 120 Å². The summed E-state index contributed by atoms with van der Waals surface area (Å²) in [6, 6.07) is 10.2. The molecule has 0 aliphatic heterocycles. The summed E-state index contributed by atoms with van der Waals surface area (Å²) >= 11 is 0. The summed E-state index contributed by atoms with van der Waals surface area (Å²) in [5, 5.41) is 19.2. The van der Waals surface area contributed by atoms with Gasteiger partial charge in [-0.05, 0) is 24.3 Å². The van der Waals surface area contributed by atoms with Crippen LogP contribution in [0.3, 0.4) is 0 Å². The molecule has 0 bridgehead atoms. The minimum absolute atomic E-state index is 0.120. The molecular weight excluding hydrogens is 270 g/mol. The van der Waals surface area contributed by atoms with Crippen LogP contribution < -0.4 is 5.32 Å². The van der Waals surface area contributed by atoms with Gasteiger partial charge in [0, 0.05) is 17.7 Å². The molecular formula is C15H13N3O3. The van der Waals surface area contributed by atoms with Crippen LogP contribution in [0.5, 0.6) is 5.75 Å². The van der Waals surface area contributed by atoms with E-state index in [0.29, 0.717) is 23.5 Å². The van der Waals surface area contributed by atoms with Gasteiger partial charge >= 0.3 is 0 Å². The summed E-state index contributed by atoms with van der Waals surface area (Å²) in [6.07, 6.45) is 3.12. The highest BCUT2D eigenvalue weighted by molar-refractivity contribution is 5.93. The Morgan fingerprint density at radius 3 is 2.95 bits per heavy atom. The number of aromatic hydroxyl groups is 1. The molecule has 0 aliphatic carbocycles. The minimum atomic E-state index is -0.273. The Kier molecular flexibility index (Phi) is 3.42. The average molecular weight is 283 g/mol. The largest absolute Gasteiger partial charge is 0.507 e. The fourth-order valence-corrected chi connectivity index (χ4v) is 1.94. The summed E-state index contributed by atoms with van der Waals surface area (Å²) in [5.41, 5.74) is 2.30. The third-order valence-electron chi connectivity index (χ3n) is 3.04. The second kappa shape index (κ2) is 5.54. The number of phenols is 1. The van der Waals surface area contributed by atoms with Gasteiger partial charge in [-0.2, -0.15) is 5.10 Å². The van der Waals surface area contributed by atoms with Crippen molar-refractivity contribution >= 4 is 5.91 Å². The van der Waals surface area contributed by atoms with Gasteiger partial charge < -0.3 is 14.8 Å². The Morgan fingerprint density at radius 2 is 2.19 bits per heavy atom. The van der Waals surface area contributed by atoms with Gasteiger partial charge in [0.1, 0.15) is 11.4 Å². The second-order valence-corrected chi connectivity index (χ2v) is 4.50. The molecule has 0 saturated carbocycles. The quantitative estimate of drug-likeness (QED) is 0.685. The number of aromatic amines is 1. The van der Waals surface area contributed by atoms with E-state index >= 15 is 0 Å². The molecule has 2 aromatic heterocycles. The number of nitrogens with zero attached hydrogens (tertiary/aromatic N) is 1. The van der Waals surface area contributed by atoms with Crippen LogP contribution in [0.15, 0.2) is 53.3 Å². The predicted octanol–water partition coefficient (Wildman–Crippen LogP) is 2.31. The smallest absolute Gasteiger partial charge is 0.269 e. The van der Waals surface area contributed by atoms with E-state index in [-0.39, 0.29) is 11.7 Å². The van der Waals surface area contributed by atoms with Gasteiger partial charge in [0.05, 0.1) is 18.2 Å². The Hall–Kier alpha value is -3.02.